The first-order valence-corrected chi connectivity index (χ1v) is 12.7. The Hall–Kier alpha value is -3.77. The lowest BCUT2D eigenvalue weighted by Gasteiger charge is -2.36. The monoisotopic (exact) mass is 480 g/mol. The molecule has 1 aliphatic rings. The maximum Gasteiger partial charge on any atom is 0.417 e. The van der Waals surface area contributed by atoms with Gasteiger partial charge in [0.2, 0.25) is 5.95 Å². The molecule has 0 unspecified atom stereocenters. The predicted molar refractivity (Wildman–Crippen MR) is 143 cm³/mol. The van der Waals surface area contributed by atoms with Gasteiger partial charge in [0.15, 0.2) is 0 Å². The molecule has 3 aromatic carbocycles. The van der Waals surface area contributed by atoms with Gasteiger partial charge in [-0.3, -0.25) is 0 Å². The van der Waals surface area contributed by atoms with Crippen molar-refractivity contribution >= 4 is 22.9 Å². The van der Waals surface area contributed by atoms with E-state index >= 15 is 0 Å². The van der Waals surface area contributed by atoms with Crippen LogP contribution in [0.25, 0.3) is 10.9 Å². The highest BCUT2D eigenvalue weighted by molar-refractivity contribution is 5.89. The number of nitrogens with one attached hydrogen (secondary N) is 1. The summed E-state index contributed by atoms with van der Waals surface area (Å²) in [7, 11) is 0. The summed E-state index contributed by atoms with van der Waals surface area (Å²) < 4.78 is 5.80. The molecular formula is C30H32N4O2. The first-order valence-electron chi connectivity index (χ1n) is 12.7. The predicted octanol–water partition coefficient (Wildman–Crippen LogP) is 6.18. The number of hydrogen-bond donors (Lipinski definition) is 1. The van der Waals surface area contributed by atoms with Gasteiger partial charge in [0.1, 0.15) is 6.61 Å². The number of carbonyl (C=O) groups excluding carboxylic acids is 1. The summed E-state index contributed by atoms with van der Waals surface area (Å²) in [4.78, 5) is 24.8. The van der Waals surface area contributed by atoms with E-state index in [0.717, 1.165) is 54.4 Å². The molecule has 36 heavy (non-hydrogen) atoms. The molecule has 1 aromatic heterocycles. The lowest BCUT2D eigenvalue weighted by atomic mass is 9.90. The van der Waals surface area contributed by atoms with E-state index in [9.17, 15) is 4.79 Å². The SMILES string of the molecule is Cc1nc(N(C(=O)OCc2ccccc2)[C@H]2CCC[C@H](NCc3ccccc3)C2)nc2ccccc12. The van der Waals surface area contributed by atoms with Gasteiger partial charge >= 0.3 is 6.09 Å². The van der Waals surface area contributed by atoms with Crippen molar-refractivity contribution in [2.24, 2.45) is 0 Å². The molecule has 6 heteroatoms. The molecule has 1 heterocycles. The number of rotatable bonds is 7. The summed E-state index contributed by atoms with van der Waals surface area (Å²) >= 11 is 0. The van der Waals surface area contributed by atoms with Gasteiger partial charge < -0.3 is 10.1 Å². The Morgan fingerprint density at radius 3 is 2.39 bits per heavy atom. The number of ether oxygens (including phenoxy) is 1. The highest BCUT2D eigenvalue weighted by atomic mass is 16.6. The van der Waals surface area contributed by atoms with Crippen molar-refractivity contribution in [3.8, 4) is 0 Å². The van der Waals surface area contributed by atoms with E-state index in [2.05, 4.69) is 29.6 Å². The highest BCUT2D eigenvalue weighted by Crippen LogP contribution is 2.29. The van der Waals surface area contributed by atoms with E-state index in [-0.39, 0.29) is 12.6 Å². The van der Waals surface area contributed by atoms with Crippen LogP contribution in [0.2, 0.25) is 0 Å². The fourth-order valence-electron chi connectivity index (χ4n) is 4.95. The van der Waals surface area contributed by atoms with Crippen LogP contribution < -0.4 is 10.2 Å². The lowest BCUT2D eigenvalue weighted by Crippen LogP contribution is -2.48. The van der Waals surface area contributed by atoms with Gasteiger partial charge in [-0.05, 0) is 49.8 Å². The number of carbonyl (C=O) groups is 1. The minimum absolute atomic E-state index is 0.0455. The summed E-state index contributed by atoms with van der Waals surface area (Å²) in [5, 5.41) is 4.68. The molecule has 1 amide bonds. The molecular weight excluding hydrogens is 448 g/mol. The molecule has 1 aliphatic carbocycles. The van der Waals surface area contributed by atoms with Crippen molar-refractivity contribution in [2.75, 3.05) is 4.90 Å². The summed E-state index contributed by atoms with van der Waals surface area (Å²) in [6, 6.07) is 28.3. The molecule has 5 rings (SSSR count). The number of aromatic nitrogens is 2. The highest BCUT2D eigenvalue weighted by Gasteiger charge is 2.34. The fourth-order valence-corrected chi connectivity index (χ4v) is 4.95. The number of para-hydroxylation sites is 1. The zero-order valence-corrected chi connectivity index (χ0v) is 20.6. The minimum Gasteiger partial charge on any atom is -0.444 e. The average molecular weight is 481 g/mol. The summed E-state index contributed by atoms with van der Waals surface area (Å²) in [6.07, 6.45) is 3.41. The molecule has 1 fully saturated rings. The van der Waals surface area contributed by atoms with E-state index in [1.54, 1.807) is 4.90 Å². The van der Waals surface area contributed by atoms with Crippen molar-refractivity contribution in [3.63, 3.8) is 0 Å². The molecule has 6 nitrogen and oxygen atoms in total. The summed E-state index contributed by atoms with van der Waals surface area (Å²) in [5.41, 5.74) is 3.89. The standard InChI is InChI=1S/C30H32N4O2/c1-22-27-17-8-9-18-28(27)33-29(32-22)34(30(35)36-21-24-13-6-3-7-14-24)26-16-10-15-25(19-26)31-20-23-11-4-2-5-12-23/h2-9,11-14,17-18,25-26,31H,10,15-16,19-21H2,1H3/t25-,26-/m0/s1. The molecule has 1 saturated carbocycles. The van der Waals surface area contributed by atoms with Crippen LogP contribution in [0, 0.1) is 6.92 Å². The van der Waals surface area contributed by atoms with Crippen molar-refractivity contribution < 1.29 is 9.53 Å². The first-order chi connectivity index (χ1) is 17.7. The second-order valence-electron chi connectivity index (χ2n) is 9.42. The second kappa shape index (κ2) is 11.3. The van der Waals surface area contributed by atoms with Crippen LogP contribution in [0.5, 0.6) is 0 Å². The topological polar surface area (TPSA) is 67.4 Å². The Kier molecular flexibility index (Phi) is 7.52. The van der Waals surface area contributed by atoms with Gasteiger partial charge in [-0.15, -0.1) is 0 Å². The number of amides is 1. The van der Waals surface area contributed by atoms with Crippen LogP contribution >= 0.6 is 0 Å². The third-order valence-corrected chi connectivity index (χ3v) is 6.85. The zero-order valence-electron chi connectivity index (χ0n) is 20.6. The maximum atomic E-state index is 13.6. The number of aryl methyl sites for hydroxylation is 1. The van der Waals surface area contributed by atoms with Crippen molar-refractivity contribution in [1.29, 1.82) is 0 Å². The molecule has 0 saturated heterocycles. The van der Waals surface area contributed by atoms with Crippen LogP contribution in [0.4, 0.5) is 10.7 Å². The van der Waals surface area contributed by atoms with Crippen molar-refractivity contribution in [3.05, 3.63) is 102 Å². The Morgan fingerprint density at radius 1 is 0.917 bits per heavy atom. The van der Waals surface area contributed by atoms with E-state index in [1.807, 2.05) is 67.6 Å². The summed E-state index contributed by atoms with van der Waals surface area (Å²) in [6.45, 7) is 2.99. The Balaban J connectivity index is 1.38. The van der Waals surface area contributed by atoms with E-state index in [1.165, 1.54) is 5.56 Å². The average Bonchev–Trinajstić information content (AvgIpc) is 2.92. The molecule has 2 atom stereocenters. The van der Waals surface area contributed by atoms with E-state index in [4.69, 9.17) is 14.7 Å². The van der Waals surface area contributed by atoms with Crippen molar-refractivity contribution in [1.82, 2.24) is 15.3 Å². The summed E-state index contributed by atoms with van der Waals surface area (Å²) in [5.74, 6) is 0.415. The number of anilines is 1. The normalized spacial score (nSPS) is 17.6. The Bertz CT molecular complexity index is 1300. The number of benzene rings is 3. The van der Waals surface area contributed by atoms with Gasteiger partial charge in [0, 0.05) is 24.0 Å². The third-order valence-electron chi connectivity index (χ3n) is 6.85. The van der Waals surface area contributed by atoms with Gasteiger partial charge in [-0.2, -0.15) is 0 Å². The maximum absolute atomic E-state index is 13.6. The van der Waals surface area contributed by atoms with E-state index < -0.39 is 6.09 Å². The molecule has 0 radical (unpaired) electrons. The number of hydrogen-bond acceptors (Lipinski definition) is 5. The quantitative estimate of drug-likeness (QED) is 0.342. The second-order valence-corrected chi connectivity index (χ2v) is 9.42. The molecule has 0 bridgehead atoms. The van der Waals surface area contributed by atoms with Crippen LogP contribution in [0.15, 0.2) is 84.9 Å². The van der Waals surface area contributed by atoms with Crippen LogP contribution in [0.1, 0.15) is 42.5 Å². The van der Waals surface area contributed by atoms with Crippen LogP contribution in [-0.4, -0.2) is 28.1 Å². The van der Waals surface area contributed by atoms with Gasteiger partial charge in [-0.25, -0.2) is 19.7 Å². The first kappa shape index (κ1) is 23.9. The largest absolute Gasteiger partial charge is 0.444 e. The molecule has 1 N–H and O–H groups in total. The number of fused-ring (bicyclic) bond motifs is 1. The molecule has 0 spiro atoms. The zero-order chi connectivity index (χ0) is 24.7. The number of nitrogens with zero attached hydrogens (tertiary/aromatic N) is 3. The Labute approximate surface area is 212 Å². The van der Waals surface area contributed by atoms with Gasteiger partial charge in [0.05, 0.1) is 11.2 Å². The van der Waals surface area contributed by atoms with Gasteiger partial charge in [0.25, 0.3) is 0 Å². The van der Waals surface area contributed by atoms with Gasteiger partial charge in [-0.1, -0.05) is 78.9 Å². The Morgan fingerprint density at radius 2 is 1.61 bits per heavy atom. The molecule has 184 valence electrons. The fraction of sp³-hybridized carbons (Fsp3) is 0.300. The van der Waals surface area contributed by atoms with Crippen LogP contribution in [0.3, 0.4) is 0 Å². The van der Waals surface area contributed by atoms with E-state index in [0.29, 0.717) is 12.0 Å². The smallest absolute Gasteiger partial charge is 0.417 e. The lowest BCUT2D eigenvalue weighted by molar-refractivity contribution is 0.141. The third kappa shape index (κ3) is 5.71. The van der Waals surface area contributed by atoms with Crippen LogP contribution in [-0.2, 0) is 17.9 Å². The van der Waals surface area contributed by atoms with Crippen molar-refractivity contribution in [2.45, 2.75) is 57.8 Å². The molecule has 0 aliphatic heterocycles. The minimum atomic E-state index is -0.401. The molecule has 4 aromatic rings.